The van der Waals surface area contributed by atoms with E-state index < -0.39 is 5.97 Å². The fourth-order valence-corrected chi connectivity index (χ4v) is 2.24. The van der Waals surface area contributed by atoms with E-state index in [9.17, 15) is 4.79 Å². The largest absolute Gasteiger partial charge is 0.481 e. The van der Waals surface area contributed by atoms with Gasteiger partial charge < -0.3 is 5.11 Å². The van der Waals surface area contributed by atoms with E-state index in [1.54, 1.807) is 6.92 Å². The molecule has 2 nitrogen and oxygen atoms in total. The molecule has 1 aliphatic rings. The van der Waals surface area contributed by atoms with E-state index in [0.29, 0.717) is 5.92 Å². The molecule has 0 spiro atoms. The van der Waals surface area contributed by atoms with Crippen molar-refractivity contribution in [2.45, 2.75) is 33.6 Å². The molecule has 0 aromatic heterocycles. The van der Waals surface area contributed by atoms with Crippen LogP contribution < -0.4 is 0 Å². The van der Waals surface area contributed by atoms with Gasteiger partial charge in [0.2, 0.25) is 0 Å². The van der Waals surface area contributed by atoms with E-state index in [4.69, 9.17) is 5.11 Å². The Bertz CT molecular complexity index is 302. The standard InChI is InChI=1S/C13H20O2/c1-8(2)11-6-5-9(3)12(7-11)10(4)13(14)15/h5,10-12H,1,6-7H2,2-4H3,(H,14,15)/t10-,11-,12-/m0/s1. The molecule has 0 amide bonds. The molecule has 3 atom stereocenters. The zero-order valence-corrected chi connectivity index (χ0v) is 9.79. The van der Waals surface area contributed by atoms with E-state index in [-0.39, 0.29) is 11.8 Å². The predicted molar refractivity (Wildman–Crippen MR) is 61.6 cm³/mol. The van der Waals surface area contributed by atoms with Crippen molar-refractivity contribution in [2.24, 2.45) is 17.8 Å². The molecule has 0 bridgehead atoms. The van der Waals surface area contributed by atoms with Gasteiger partial charge in [-0.25, -0.2) is 0 Å². The van der Waals surface area contributed by atoms with Crippen molar-refractivity contribution in [1.82, 2.24) is 0 Å². The molecule has 0 saturated heterocycles. The monoisotopic (exact) mass is 208 g/mol. The van der Waals surface area contributed by atoms with Crippen molar-refractivity contribution in [1.29, 1.82) is 0 Å². The first-order valence-corrected chi connectivity index (χ1v) is 5.48. The molecule has 84 valence electrons. The minimum atomic E-state index is -0.699. The Morgan fingerprint density at radius 3 is 2.73 bits per heavy atom. The van der Waals surface area contributed by atoms with Crippen molar-refractivity contribution < 1.29 is 9.90 Å². The first-order chi connectivity index (χ1) is 6.93. The molecule has 0 unspecified atom stereocenters. The van der Waals surface area contributed by atoms with Crippen LogP contribution in [-0.2, 0) is 4.79 Å². The first-order valence-electron chi connectivity index (χ1n) is 5.48. The van der Waals surface area contributed by atoms with Gasteiger partial charge in [-0.3, -0.25) is 4.79 Å². The zero-order chi connectivity index (χ0) is 11.6. The highest BCUT2D eigenvalue weighted by Crippen LogP contribution is 2.36. The quantitative estimate of drug-likeness (QED) is 0.723. The number of hydrogen-bond acceptors (Lipinski definition) is 1. The molecule has 0 aromatic carbocycles. The maximum absolute atomic E-state index is 11.0. The highest BCUT2D eigenvalue weighted by Gasteiger charge is 2.30. The fraction of sp³-hybridized carbons (Fsp3) is 0.615. The second kappa shape index (κ2) is 4.65. The smallest absolute Gasteiger partial charge is 0.306 e. The summed E-state index contributed by atoms with van der Waals surface area (Å²) >= 11 is 0. The SMILES string of the molecule is C=C(C)[C@H]1CC=C(C)[C@@H]([C@H](C)C(=O)O)C1. The van der Waals surface area contributed by atoms with Crippen LogP contribution in [0.5, 0.6) is 0 Å². The summed E-state index contributed by atoms with van der Waals surface area (Å²) in [5.41, 5.74) is 2.39. The van der Waals surface area contributed by atoms with Crippen molar-refractivity contribution in [3.63, 3.8) is 0 Å². The molecule has 0 heterocycles. The van der Waals surface area contributed by atoms with Crippen LogP contribution in [0.2, 0.25) is 0 Å². The van der Waals surface area contributed by atoms with Crippen LogP contribution in [0.3, 0.4) is 0 Å². The predicted octanol–water partition coefficient (Wildman–Crippen LogP) is 3.26. The first kappa shape index (κ1) is 12.0. The molecule has 0 saturated carbocycles. The summed E-state index contributed by atoms with van der Waals surface area (Å²) in [6.45, 7) is 9.83. The highest BCUT2D eigenvalue weighted by molar-refractivity contribution is 5.70. The molecular weight excluding hydrogens is 188 g/mol. The van der Waals surface area contributed by atoms with E-state index in [1.807, 2.05) is 13.8 Å². The Hall–Kier alpha value is -1.05. The van der Waals surface area contributed by atoms with Crippen LogP contribution >= 0.6 is 0 Å². The summed E-state index contributed by atoms with van der Waals surface area (Å²) in [6.07, 6.45) is 4.13. The Balaban J connectivity index is 2.80. The Morgan fingerprint density at radius 1 is 1.67 bits per heavy atom. The lowest BCUT2D eigenvalue weighted by atomic mass is 9.74. The molecule has 0 radical (unpaired) electrons. The summed E-state index contributed by atoms with van der Waals surface area (Å²) in [6, 6.07) is 0. The van der Waals surface area contributed by atoms with Crippen molar-refractivity contribution >= 4 is 5.97 Å². The summed E-state index contributed by atoms with van der Waals surface area (Å²) in [5.74, 6) is -0.350. The summed E-state index contributed by atoms with van der Waals surface area (Å²) < 4.78 is 0. The molecule has 1 rings (SSSR count). The van der Waals surface area contributed by atoms with Crippen LogP contribution in [0.15, 0.2) is 23.8 Å². The van der Waals surface area contributed by atoms with Crippen LogP contribution in [0.25, 0.3) is 0 Å². The van der Waals surface area contributed by atoms with Gasteiger partial charge in [0.15, 0.2) is 0 Å². The van der Waals surface area contributed by atoms with Crippen molar-refractivity contribution in [3.05, 3.63) is 23.8 Å². The maximum Gasteiger partial charge on any atom is 0.306 e. The molecule has 15 heavy (non-hydrogen) atoms. The molecule has 0 aliphatic heterocycles. The van der Waals surface area contributed by atoms with Crippen molar-refractivity contribution in [3.8, 4) is 0 Å². The minimum Gasteiger partial charge on any atom is -0.481 e. The van der Waals surface area contributed by atoms with Gasteiger partial charge in [0.25, 0.3) is 0 Å². The third kappa shape index (κ3) is 2.71. The fourth-order valence-electron chi connectivity index (χ4n) is 2.24. The lowest BCUT2D eigenvalue weighted by Gasteiger charge is -2.31. The molecule has 1 N–H and O–H groups in total. The van der Waals surface area contributed by atoms with E-state index >= 15 is 0 Å². The third-order valence-electron chi connectivity index (χ3n) is 3.54. The molecular formula is C13H20O2. The number of aliphatic carboxylic acids is 1. The van der Waals surface area contributed by atoms with Crippen LogP contribution in [0.1, 0.15) is 33.6 Å². The van der Waals surface area contributed by atoms with Crippen LogP contribution in [-0.4, -0.2) is 11.1 Å². The molecule has 2 heteroatoms. The van der Waals surface area contributed by atoms with Gasteiger partial charge >= 0.3 is 5.97 Å². The second-order valence-corrected chi connectivity index (χ2v) is 4.70. The van der Waals surface area contributed by atoms with Gasteiger partial charge in [-0.2, -0.15) is 0 Å². The Labute approximate surface area is 91.7 Å². The van der Waals surface area contributed by atoms with Gasteiger partial charge in [-0.1, -0.05) is 30.7 Å². The van der Waals surface area contributed by atoms with Crippen LogP contribution in [0, 0.1) is 17.8 Å². The average Bonchev–Trinajstić information content (AvgIpc) is 2.16. The van der Waals surface area contributed by atoms with E-state index in [1.165, 1.54) is 11.1 Å². The topological polar surface area (TPSA) is 37.3 Å². The Kier molecular flexibility index (Phi) is 3.72. The number of carboxylic acids is 1. The Morgan fingerprint density at radius 2 is 2.27 bits per heavy atom. The van der Waals surface area contributed by atoms with Gasteiger partial charge in [-0.15, -0.1) is 0 Å². The van der Waals surface area contributed by atoms with Gasteiger partial charge in [0.1, 0.15) is 0 Å². The summed E-state index contributed by atoms with van der Waals surface area (Å²) in [5, 5.41) is 9.03. The minimum absolute atomic E-state index is 0.179. The van der Waals surface area contributed by atoms with Gasteiger partial charge in [0.05, 0.1) is 5.92 Å². The second-order valence-electron chi connectivity index (χ2n) is 4.70. The molecule has 1 aliphatic carbocycles. The number of allylic oxidation sites excluding steroid dienone is 3. The normalized spacial score (nSPS) is 28.1. The van der Waals surface area contributed by atoms with Crippen molar-refractivity contribution in [2.75, 3.05) is 0 Å². The van der Waals surface area contributed by atoms with Crippen LogP contribution in [0.4, 0.5) is 0 Å². The number of carboxylic acid groups (broad SMARTS) is 1. The average molecular weight is 208 g/mol. The highest BCUT2D eigenvalue weighted by atomic mass is 16.4. The lowest BCUT2D eigenvalue weighted by Crippen LogP contribution is -2.26. The van der Waals surface area contributed by atoms with E-state index in [2.05, 4.69) is 12.7 Å². The maximum atomic E-state index is 11.0. The lowest BCUT2D eigenvalue weighted by molar-refractivity contribution is -0.142. The number of rotatable bonds is 3. The van der Waals surface area contributed by atoms with E-state index in [0.717, 1.165) is 12.8 Å². The molecule has 0 aromatic rings. The third-order valence-corrected chi connectivity index (χ3v) is 3.54. The number of carbonyl (C=O) groups is 1. The molecule has 0 fully saturated rings. The zero-order valence-electron chi connectivity index (χ0n) is 9.79. The number of hydrogen-bond donors (Lipinski definition) is 1. The van der Waals surface area contributed by atoms with Gasteiger partial charge in [0, 0.05) is 0 Å². The van der Waals surface area contributed by atoms with Gasteiger partial charge in [-0.05, 0) is 38.5 Å². The summed E-state index contributed by atoms with van der Waals surface area (Å²) in [4.78, 5) is 11.0. The summed E-state index contributed by atoms with van der Waals surface area (Å²) in [7, 11) is 0.